The molecular weight excluding hydrogens is 316 g/mol. The van der Waals surface area contributed by atoms with Crippen LogP contribution in [0.1, 0.15) is 60.9 Å². The summed E-state index contributed by atoms with van der Waals surface area (Å²) in [4.78, 5) is 15.0. The fraction of sp³-hybridized carbons (Fsp3) is 0.579. The van der Waals surface area contributed by atoms with Gasteiger partial charge in [0, 0.05) is 18.3 Å². The van der Waals surface area contributed by atoms with Gasteiger partial charge >= 0.3 is 6.03 Å². The molecule has 3 heterocycles. The van der Waals surface area contributed by atoms with E-state index in [4.69, 9.17) is 4.42 Å². The largest absolute Gasteiger partial charge is 0.464 e. The van der Waals surface area contributed by atoms with Crippen molar-refractivity contribution in [2.75, 3.05) is 6.54 Å². The zero-order valence-corrected chi connectivity index (χ0v) is 14.8. The first-order valence-corrected chi connectivity index (χ1v) is 9.35. The maximum atomic E-state index is 13.0. The summed E-state index contributed by atoms with van der Waals surface area (Å²) in [6.45, 7) is 2.75. The molecule has 2 atom stereocenters. The van der Waals surface area contributed by atoms with Gasteiger partial charge in [0.05, 0.1) is 12.2 Å². The molecule has 1 aliphatic heterocycles. The molecule has 4 rings (SSSR count). The number of hydrogen-bond donors (Lipinski definition) is 2. The summed E-state index contributed by atoms with van der Waals surface area (Å²) in [5.74, 6) is 1.81. The van der Waals surface area contributed by atoms with Crippen molar-refractivity contribution in [2.45, 2.75) is 64.0 Å². The number of furan rings is 1. The third-order valence-electron chi connectivity index (χ3n) is 5.45. The molecule has 0 spiro atoms. The molecule has 25 heavy (non-hydrogen) atoms. The molecule has 0 bridgehead atoms. The van der Waals surface area contributed by atoms with Crippen LogP contribution in [0.2, 0.25) is 0 Å². The number of rotatable bonds is 2. The van der Waals surface area contributed by atoms with E-state index in [-0.39, 0.29) is 18.1 Å². The highest BCUT2D eigenvalue weighted by Gasteiger charge is 2.31. The van der Waals surface area contributed by atoms with Crippen molar-refractivity contribution in [2.24, 2.45) is 0 Å². The zero-order valence-electron chi connectivity index (χ0n) is 14.8. The molecule has 6 heteroatoms. The van der Waals surface area contributed by atoms with Crippen LogP contribution in [0.5, 0.6) is 0 Å². The summed E-state index contributed by atoms with van der Waals surface area (Å²) < 4.78 is 5.85. The average Bonchev–Trinajstić information content (AvgIpc) is 3.16. The maximum absolute atomic E-state index is 13.0. The molecule has 2 amide bonds. The molecule has 0 aromatic carbocycles. The quantitative estimate of drug-likeness (QED) is 0.877. The predicted octanol–water partition coefficient (Wildman–Crippen LogP) is 3.50. The van der Waals surface area contributed by atoms with Crippen molar-refractivity contribution in [1.29, 1.82) is 0 Å². The molecule has 1 saturated heterocycles. The van der Waals surface area contributed by atoms with Gasteiger partial charge in [-0.3, -0.25) is 5.10 Å². The van der Waals surface area contributed by atoms with Crippen LogP contribution in [0, 0.1) is 6.92 Å². The molecule has 0 saturated carbocycles. The van der Waals surface area contributed by atoms with E-state index >= 15 is 0 Å². The summed E-state index contributed by atoms with van der Waals surface area (Å²) in [5, 5.41) is 10.4. The molecule has 0 radical (unpaired) electrons. The van der Waals surface area contributed by atoms with E-state index in [1.165, 1.54) is 17.7 Å². The first kappa shape index (κ1) is 16.2. The predicted molar refractivity (Wildman–Crippen MR) is 94.3 cm³/mol. The summed E-state index contributed by atoms with van der Waals surface area (Å²) in [6, 6.07) is 4.27. The third-order valence-corrected chi connectivity index (χ3v) is 5.45. The number of carbonyl (C=O) groups excluding carboxylic acids is 1. The number of aryl methyl sites for hydroxylation is 2. The lowest BCUT2D eigenvalue weighted by Crippen LogP contribution is -2.47. The van der Waals surface area contributed by atoms with Crippen molar-refractivity contribution in [1.82, 2.24) is 20.4 Å². The number of nitrogens with one attached hydrogen (secondary N) is 2. The topological polar surface area (TPSA) is 74.2 Å². The van der Waals surface area contributed by atoms with Gasteiger partial charge in [-0.15, -0.1) is 0 Å². The van der Waals surface area contributed by atoms with Crippen LogP contribution in [0.3, 0.4) is 0 Å². The van der Waals surface area contributed by atoms with E-state index in [1.807, 2.05) is 30.2 Å². The second kappa shape index (κ2) is 6.94. The molecule has 0 unspecified atom stereocenters. The van der Waals surface area contributed by atoms with Gasteiger partial charge in [0.2, 0.25) is 0 Å². The number of amides is 2. The molecular formula is C19H26N4O2. The van der Waals surface area contributed by atoms with Crippen molar-refractivity contribution >= 4 is 6.03 Å². The number of hydrogen-bond acceptors (Lipinski definition) is 3. The molecule has 1 fully saturated rings. The fourth-order valence-corrected chi connectivity index (χ4v) is 4.08. The molecule has 2 aromatic heterocycles. The molecule has 134 valence electrons. The lowest BCUT2D eigenvalue weighted by atomic mass is 9.94. The second-order valence-corrected chi connectivity index (χ2v) is 7.27. The Kier molecular flexibility index (Phi) is 4.51. The van der Waals surface area contributed by atoms with Crippen LogP contribution >= 0.6 is 0 Å². The highest BCUT2D eigenvalue weighted by molar-refractivity contribution is 5.75. The van der Waals surface area contributed by atoms with Crippen LogP contribution in [0.15, 0.2) is 22.7 Å². The van der Waals surface area contributed by atoms with Crippen LogP contribution in [-0.2, 0) is 12.8 Å². The minimum Gasteiger partial charge on any atom is -0.464 e. The number of urea groups is 1. The highest BCUT2D eigenvalue weighted by Crippen LogP contribution is 2.31. The molecule has 2 aliphatic rings. The van der Waals surface area contributed by atoms with E-state index in [1.54, 1.807) is 0 Å². The molecule has 6 nitrogen and oxygen atoms in total. The Labute approximate surface area is 148 Å². The van der Waals surface area contributed by atoms with Gasteiger partial charge in [-0.1, -0.05) is 12.8 Å². The Bertz CT molecular complexity index is 735. The zero-order chi connectivity index (χ0) is 17.2. The van der Waals surface area contributed by atoms with Crippen LogP contribution in [0.25, 0.3) is 0 Å². The second-order valence-electron chi connectivity index (χ2n) is 7.27. The van der Waals surface area contributed by atoms with Crippen molar-refractivity contribution < 1.29 is 9.21 Å². The van der Waals surface area contributed by atoms with Crippen molar-refractivity contribution in [3.05, 3.63) is 41.1 Å². The smallest absolute Gasteiger partial charge is 0.318 e. The van der Waals surface area contributed by atoms with E-state index < -0.39 is 0 Å². The summed E-state index contributed by atoms with van der Waals surface area (Å²) >= 11 is 0. The minimum atomic E-state index is 0.0397. The summed E-state index contributed by atoms with van der Waals surface area (Å²) in [7, 11) is 0. The Balaban J connectivity index is 1.47. The van der Waals surface area contributed by atoms with Crippen LogP contribution < -0.4 is 5.32 Å². The number of H-pyrrole nitrogens is 1. The molecule has 2 N–H and O–H groups in total. The Hall–Kier alpha value is -2.24. The van der Waals surface area contributed by atoms with Crippen molar-refractivity contribution in [3.63, 3.8) is 0 Å². The monoisotopic (exact) mass is 342 g/mol. The molecule has 2 aromatic rings. The standard InChI is InChI=1S/C19H26N4O2/c1-13-6-9-18(25-13)17-5-3-2-4-10-23(17)19(24)21-15-7-8-16-14(11-15)12-20-22-16/h6,9,12,15,17H,2-5,7-8,10-11H2,1H3,(H,20,22)(H,21,24)/t15-,17+/m0/s1. The molecule has 1 aliphatic carbocycles. The van der Waals surface area contributed by atoms with E-state index in [0.29, 0.717) is 0 Å². The third kappa shape index (κ3) is 3.43. The van der Waals surface area contributed by atoms with Crippen molar-refractivity contribution in [3.8, 4) is 0 Å². The normalized spacial score (nSPS) is 23.8. The van der Waals surface area contributed by atoms with Gasteiger partial charge < -0.3 is 14.6 Å². The Morgan fingerprint density at radius 3 is 3.08 bits per heavy atom. The lowest BCUT2D eigenvalue weighted by Gasteiger charge is -2.32. The maximum Gasteiger partial charge on any atom is 0.318 e. The number of fused-ring (bicyclic) bond motifs is 1. The highest BCUT2D eigenvalue weighted by atomic mass is 16.3. The summed E-state index contributed by atoms with van der Waals surface area (Å²) in [6.07, 6.45) is 8.97. The number of nitrogens with zero attached hydrogens (tertiary/aromatic N) is 2. The van der Waals surface area contributed by atoms with Crippen LogP contribution in [0.4, 0.5) is 4.79 Å². The van der Waals surface area contributed by atoms with Gasteiger partial charge in [-0.2, -0.15) is 5.10 Å². The van der Waals surface area contributed by atoms with E-state index in [2.05, 4.69) is 15.5 Å². The SMILES string of the molecule is Cc1ccc([C@H]2CCCCCN2C(=O)N[C@H]2CCc3[nH]ncc3C2)o1. The first-order chi connectivity index (χ1) is 12.2. The average molecular weight is 342 g/mol. The lowest BCUT2D eigenvalue weighted by molar-refractivity contribution is 0.161. The summed E-state index contributed by atoms with van der Waals surface area (Å²) in [5.41, 5.74) is 2.44. The van der Waals surface area contributed by atoms with Gasteiger partial charge in [0.25, 0.3) is 0 Å². The Morgan fingerprint density at radius 1 is 1.32 bits per heavy atom. The van der Waals surface area contributed by atoms with Gasteiger partial charge in [0.1, 0.15) is 11.5 Å². The Morgan fingerprint density at radius 2 is 2.24 bits per heavy atom. The van der Waals surface area contributed by atoms with Gasteiger partial charge in [-0.05, 0) is 56.7 Å². The fourth-order valence-electron chi connectivity index (χ4n) is 4.08. The number of aromatic amines is 1. The van der Waals surface area contributed by atoms with E-state index in [9.17, 15) is 4.79 Å². The number of likely N-dealkylation sites (tertiary alicyclic amines) is 1. The van der Waals surface area contributed by atoms with E-state index in [0.717, 1.165) is 56.6 Å². The first-order valence-electron chi connectivity index (χ1n) is 9.35. The number of aromatic nitrogens is 2. The number of carbonyl (C=O) groups is 1. The van der Waals surface area contributed by atoms with Gasteiger partial charge in [0.15, 0.2) is 0 Å². The van der Waals surface area contributed by atoms with Crippen LogP contribution in [-0.4, -0.2) is 33.7 Å². The minimum absolute atomic E-state index is 0.0397. The van der Waals surface area contributed by atoms with Gasteiger partial charge in [-0.25, -0.2) is 4.79 Å².